The van der Waals surface area contributed by atoms with Crippen LogP contribution in [0.15, 0.2) is 42.5 Å². The molecule has 37 heavy (non-hydrogen) atoms. The molecule has 3 aromatic rings. The minimum atomic E-state index is -5.21. The lowest BCUT2D eigenvalue weighted by molar-refractivity contribution is -0.142. The number of ether oxygens (including phenoxy) is 1. The van der Waals surface area contributed by atoms with Gasteiger partial charge in [-0.05, 0) is 79.8 Å². The first-order valence-electron chi connectivity index (χ1n) is 12.3. The first-order chi connectivity index (χ1) is 17.5. The molecule has 0 atom stereocenters. The van der Waals surface area contributed by atoms with Crippen LogP contribution in [0.1, 0.15) is 68.1 Å². The highest BCUT2D eigenvalue weighted by atomic mass is 19.4. The van der Waals surface area contributed by atoms with Crippen LogP contribution < -0.4 is 4.74 Å². The summed E-state index contributed by atoms with van der Waals surface area (Å²) in [6, 6.07) is 8.15. The molecule has 0 radical (unpaired) electrons. The van der Waals surface area contributed by atoms with E-state index in [1.807, 2.05) is 0 Å². The van der Waals surface area contributed by atoms with Gasteiger partial charge in [-0.15, -0.1) is 0 Å². The van der Waals surface area contributed by atoms with Crippen molar-refractivity contribution in [3.63, 3.8) is 0 Å². The van der Waals surface area contributed by atoms with Crippen molar-refractivity contribution in [2.75, 3.05) is 0 Å². The molecule has 4 rings (SSSR count). The number of para-hydroxylation sites is 1. The Morgan fingerprint density at radius 3 is 2.08 bits per heavy atom. The van der Waals surface area contributed by atoms with Crippen LogP contribution in [0.4, 0.5) is 30.7 Å². The maximum atomic E-state index is 15.7. The molecule has 0 aromatic heterocycles. The summed E-state index contributed by atoms with van der Waals surface area (Å²) in [5.74, 6) is -5.06. The zero-order valence-corrected chi connectivity index (χ0v) is 20.5. The van der Waals surface area contributed by atoms with Crippen LogP contribution in [0.5, 0.6) is 11.5 Å². The molecule has 0 amide bonds. The predicted molar refractivity (Wildman–Crippen MR) is 128 cm³/mol. The van der Waals surface area contributed by atoms with Crippen molar-refractivity contribution < 1.29 is 35.5 Å². The number of benzene rings is 3. The quantitative estimate of drug-likeness (QED) is 0.292. The summed E-state index contributed by atoms with van der Waals surface area (Å²) in [6.45, 7) is 3.59. The number of hydrogen-bond donors (Lipinski definition) is 0. The molecule has 198 valence electrons. The first-order valence-corrected chi connectivity index (χ1v) is 12.3. The second-order valence-electron chi connectivity index (χ2n) is 9.65. The third-order valence-corrected chi connectivity index (χ3v) is 7.08. The Hall–Kier alpha value is -3.03. The average molecular weight is 525 g/mol. The molecular weight excluding hydrogens is 497 g/mol. The van der Waals surface area contributed by atoms with E-state index in [1.165, 1.54) is 37.3 Å². The smallest absolute Gasteiger partial charge is 0.422 e. The molecule has 0 N–H and O–H groups in total. The third kappa shape index (κ3) is 5.63. The monoisotopic (exact) mass is 524 g/mol. The van der Waals surface area contributed by atoms with Gasteiger partial charge in [0.1, 0.15) is 28.8 Å². The van der Waals surface area contributed by atoms with E-state index in [-0.39, 0.29) is 39.7 Å². The van der Waals surface area contributed by atoms with Crippen LogP contribution in [0.3, 0.4) is 0 Å². The van der Waals surface area contributed by atoms with Crippen LogP contribution in [0.2, 0.25) is 0 Å². The summed E-state index contributed by atoms with van der Waals surface area (Å²) >= 11 is 0. The molecule has 0 heterocycles. The Labute approximate surface area is 211 Å². The lowest BCUT2D eigenvalue weighted by atomic mass is 9.77. The molecule has 0 unspecified atom stereocenters. The third-order valence-electron chi connectivity index (χ3n) is 7.08. The zero-order chi connectivity index (χ0) is 26.9. The van der Waals surface area contributed by atoms with Gasteiger partial charge in [0.15, 0.2) is 11.6 Å². The van der Waals surface area contributed by atoms with E-state index in [9.17, 15) is 26.3 Å². The number of rotatable bonds is 6. The Morgan fingerprint density at radius 1 is 0.865 bits per heavy atom. The Bertz CT molecular complexity index is 1250. The van der Waals surface area contributed by atoms with Gasteiger partial charge in [-0.3, -0.25) is 0 Å². The van der Waals surface area contributed by atoms with E-state index in [4.69, 9.17) is 4.74 Å². The van der Waals surface area contributed by atoms with Crippen molar-refractivity contribution in [2.24, 2.45) is 5.92 Å². The van der Waals surface area contributed by atoms with E-state index >= 15 is 4.39 Å². The number of aryl methyl sites for hydroxylation is 1. The second kappa shape index (κ2) is 10.8. The topological polar surface area (TPSA) is 9.23 Å². The van der Waals surface area contributed by atoms with Crippen LogP contribution in [-0.4, -0.2) is 0 Å². The fourth-order valence-corrected chi connectivity index (χ4v) is 5.28. The Kier molecular flexibility index (Phi) is 7.85. The van der Waals surface area contributed by atoms with Gasteiger partial charge < -0.3 is 4.74 Å². The molecule has 0 bridgehead atoms. The van der Waals surface area contributed by atoms with Gasteiger partial charge in [-0.2, -0.15) is 13.2 Å². The summed E-state index contributed by atoms with van der Waals surface area (Å²) in [6.07, 6.45) is 0.0196. The van der Waals surface area contributed by atoms with Gasteiger partial charge in [0, 0.05) is 11.1 Å². The first kappa shape index (κ1) is 27.0. The largest absolute Gasteiger partial charge is 0.453 e. The fraction of sp³-hybridized carbons (Fsp3) is 0.379. The molecule has 1 aliphatic carbocycles. The summed E-state index contributed by atoms with van der Waals surface area (Å²) in [4.78, 5) is 0. The maximum absolute atomic E-state index is 15.7. The minimum Gasteiger partial charge on any atom is -0.453 e. The predicted octanol–water partition coefficient (Wildman–Crippen LogP) is 10.1. The van der Waals surface area contributed by atoms with Crippen LogP contribution in [-0.2, 0) is 6.18 Å². The minimum absolute atomic E-state index is 0.0349. The van der Waals surface area contributed by atoms with Crippen molar-refractivity contribution in [1.82, 2.24) is 0 Å². The van der Waals surface area contributed by atoms with Crippen molar-refractivity contribution in [3.05, 3.63) is 82.4 Å². The normalized spacial score (nSPS) is 18.2. The molecular formula is C29H27F7O. The van der Waals surface area contributed by atoms with Gasteiger partial charge in [-0.1, -0.05) is 38.0 Å². The molecule has 1 nitrogen and oxygen atoms in total. The van der Waals surface area contributed by atoms with Gasteiger partial charge in [0.25, 0.3) is 0 Å². The van der Waals surface area contributed by atoms with E-state index in [1.54, 1.807) is 0 Å². The molecule has 3 aromatic carbocycles. The molecule has 1 fully saturated rings. The zero-order valence-electron chi connectivity index (χ0n) is 20.5. The summed E-state index contributed by atoms with van der Waals surface area (Å²) in [7, 11) is 0. The second-order valence-corrected chi connectivity index (χ2v) is 9.65. The SMILES string of the molecule is CCC[C@H]1CC[C@H](c2c(F)cc(C)c(Oc3ccccc3-c3cc(F)c(C(F)(F)F)c(F)c3)c2F)CC1. The molecule has 0 aliphatic heterocycles. The molecule has 1 aliphatic rings. The Balaban J connectivity index is 1.70. The number of halogens is 7. The number of hydrogen-bond acceptors (Lipinski definition) is 1. The lowest BCUT2D eigenvalue weighted by Crippen LogP contribution is -2.16. The van der Waals surface area contributed by atoms with Gasteiger partial charge >= 0.3 is 6.18 Å². The molecule has 1 saturated carbocycles. The van der Waals surface area contributed by atoms with Crippen molar-refractivity contribution in [3.8, 4) is 22.6 Å². The van der Waals surface area contributed by atoms with E-state index in [2.05, 4.69) is 6.92 Å². The van der Waals surface area contributed by atoms with E-state index in [0.29, 0.717) is 30.9 Å². The molecule has 0 spiro atoms. The van der Waals surface area contributed by atoms with E-state index < -0.39 is 35.0 Å². The highest BCUT2D eigenvalue weighted by Gasteiger charge is 2.38. The fourth-order valence-electron chi connectivity index (χ4n) is 5.28. The van der Waals surface area contributed by atoms with Crippen LogP contribution in [0.25, 0.3) is 11.1 Å². The average Bonchev–Trinajstić information content (AvgIpc) is 2.82. The van der Waals surface area contributed by atoms with Crippen LogP contribution >= 0.6 is 0 Å². The molecule has 8 heteroatoms. The Morgan fingerprint density at radius 2 is 1.49 bits per heavy atom. The van der Waals surface area contributed by atoms with E-state index in [0.717, 1.165) is 25.7 Å². The number of alkyl halides is 3. The summed E-state index contributed by atoms with van der Waals surface area (Å²) < 4.78 is 104. The van der Waals surface area contributed by atoms with Gasteiger partial charge in [0.05, 0.1) is 0 Å². The standard InChI is InChI=1S/C29H27F7O/c1-3-6-17-9-11-18(12-10-17)25-21(30)13-16(2)28(27(25)33)37-24-8-5-4-7-20(24)19-14-22(31)26(23(32)15-19)29(34,35)36/h4-5,7-8,13-15,17-18H,3,6,9-12H2,1-2H3/t17-,18-. The summed E-state index contributed by atoms with van der Waals surface area (Å²) in [5, 5.41) is 0. The lowest BCUT2D eigenvalue weighted by Gasteiger charge is -2.29. The van der Waals surface area contributed by atoms with Gasteiger partial charge in [0.2, 0.25) is 0 Å². The van der Waals surface area contributed by atoms with Crippen LogP contribution in [0, 0.1) is 36.1 Å². The highest BCUT2D eigenvalue weighted by molar-refractivity contribution is 5.71. The van der Waals surface area contributed by atoms with Crippen molar-refractivity contribution in [1.29, 1.82) is 0 Å². The maximum Gasteiger partial charge on any atom is 0.422 e. The molecule has 0 saturated heterocycles. The van der Waals surface area contributed by atoms with Crippen molar-refractivity contribution >= 4 is 0 Å². The summed E-state index contributed by atoms with van der Waals surface area (Å²) in [5.41, 5.74) is -2.02. The van der Waals surface area contributed by atoms with Crippen molar-refractivity contribution in [2.45, 2.75) is 64.5 Å². The van der Waals surface area contributed by atoms with Gasteiger partial charge in [-0.25, -0.2) is 17.6 Å². The highest BCUT2D eigenvalue weighted by Crippen LogP contribution is 2.44.